The summed E-state index contributed by atoms with van der Waals surface area (Å²) in [6.07, 6.45) is 2.20. The molecule has 136 valence electrons. The molecular weight excluding hydrogens is 316 g/mol. The summed E-state index contributed by atoms with van der Waals surface area (Å²) in [5.74, 6) is -1.03. The molecule has 1 saturated carbocycles. The molecule has 4 nitrogen and oxygen atoms in total. The molecule has 0 aliphatic heterocycles. The lowest BCUT2D eigenvalue weighted by Crippen LogP contribution is -2.59. The Bertz CT molecular complexity index is 765. The Labute approximate surface area is 149 Å². The minimum atomic E-state index is -0.582. The second-order valence-electron chi connectivity index (χ2n) is 9.14. The third kappa shape index (κ3) is 1.97. The first kappa shape index (κ1) is 18.1. The van der Waals surface area contributed by atoms with Crippen molar-refractivity contribution in [2.75, 3.05) is 0 Å². The quantitative estimate of drug-likeness (QED) is 0.574. The van der Waals surface area contributed by atoms with Crippen LogP contribution in [0.25, 0.3) is 0 Å². The fraction of sp³-hybridized carbons (Fsp3) is 0.667. The van der Waals surface area contributed by atoms with Gasteiger partial charge >= 0.3 is 0 Å². The normalized spacial score (nSPS) is 35.2. The van der Waals surface area contributed by atoms with Gasteiger partial charge in [0.15, 0.2) is 0 Å². The summed E-state index contributed by atoms with van der Waals surface area (Å²) >= 11 is 0. The van der Waals surface area contributed by atoms with E-state index >= 15 is 0 Å². The van der Waals surface area contributed by atoms with E-state index in [-0.39, 0.29) is 23.0 Å². The third-order valence-corrected chi connectivity index (χ3v) is 7.67. The zero-order valence-corrected chi connectivity index (χ0v) is 16.1. The summed E-state index contributed by atoms with van der Waals surface area (Å²) in [5, 5.41) is 10.8. The van der Waals surface area contributed by atoms with Gasteiger partial charge in [-0.1, -0.05) is 41.5 Å². The Kier molecular flexibility index (Phi) is 3.73. The van der Waals surface area contributed by atoms with Crippen LogP contribution in [0.1, 0.15) is 67.2 Å². The van der Waals surface area contributed by atoms with Crippen LogP contribution in [-0.4, -0.2) is 22.5 Å². The Morgan fingerprint density at radius 2 is 1.52 bits per heavy atom. The molecule has 3 aliphatic rings. The highest BCUT2D eigenvalue weighted by Crippen LogP contribution is 2.67. The van der Waals surface area contributed by atoms with E-state index in [1.165, 1.54) is 0 Å². The van der Waals surface area contributed by atoms with Crippen LogP contribution in [0.3, 0.4) is 0 Å². The Morgan fingerprint density at radius 1 is 0.920 bits per heavy atom. The van der Waals surface area contributed by atoms with Crippen molar-refractivity contribution in [3.63, 3.8) is 0 Å². The Hall–Kier alpha value is -1.71. The minimum Gasteiger partial charge on any atom is -0.507 e. The van der Waals surface area contributed by atoms with Crippen molar-refractivity contribution in [1.82, 2.24) is 0 Å². The highest BCUT2D eigenvalue weighted by atomic mass is 16.3. The van der Waals surface area contributed by atoms with Crippen LogP contribution in [-0.2, 0) is 14.4 Å². The summed E-state index contributed by atoms with van der Waals surface area (Å²) < 4.78 is 0. The first-order chi connectivity index (χ1) is 11.4. The third-order valence-electron chi connectivity index (χ3n) is 7.67. The number of carbonyl (C=O) groups excluding carboxylic acids is 3. The summed E-state index contributed by atoms with van der Waals surface area (Å²) in [6, 6.07) is 0. The Morgan fingerprint density at radius 3 is 2.08 bits per heavy atom. The number of hydrogen-bond acceptors (Lipinski definition) is 4. The molecule has 25 heavy (non-hydrogen) atoms. The Balaban J connectivity index is 2.29. The monoisotopic (exact) mass is 344 g/mol. The van der Waals surface area contributed by atoms with Gasteiger partial charge in [0.2, 0.25) is 11.6 Å². The van der Waals surface area contributed by atoms with Crippen molar-refractivity contribution in [2.24, 2.45) is 22.2 Å². The van der Waals surface area contributed by atoms with Crippen molar-refractivity contribution in [2.45, 2.75) is 67.2 Å². The van der Waals surface area contributed by atoms with Gasteiger partial charge in [-0.3, -0.25) is 14.4 Å². The summed E-state index contributed by atoms with van der Waals surface area (Å²) in [5.41, 5.74) is -0.227. The van der Waals surface area contributed by atoms with Crippen LogP contribution in [0.5, 0.6) is 0 Å². The van der Waals surface area contributed by atoms with Gasteiger partial charge in [0, 0.05) is 34.0 Å². The average Bonchev–Trinajstić information content (AvgIpc) is 2.51. The number of Topliss-reactive ketones (excluding diaryl/α,β-unsaturated/α-hetero) is 3. The molecule has 1 fully saturated rings. The second-order valence-corrected chi connectivity index (χ2v) is 9.14. The van der Waals surface area contributed by atoms with Crippen LogP contribution >= 0.6 is 0 Å². The molecule has 0 bridgehead atoms. The summed E-state index contributed by atoms with van der Waals surface area (Å²) in [6.45, 7) is 11.6. The van der Waals surface area contributed by atoms with E-state index in [2.05, 4.69) is 6.92 Å². The zero-order valence-electron chi connectivity index (χ0n) is 16.1. The molecule has 3 rings (SSSR count). The lowest BCUT2D eigenvalue weighted by molar-refractivity contribution is -0.154. The van der Waals surface area contributed by atoms with Gasteiger partial charge in [-0.15, -0.1) is 0 Å². The van der Waals surface area contributed by atoms with E-state index in [0.29, 0.717) is 30.4 Å². The molecule has 0 aromatic rings. The number of aliphatic hydroxyl groups is 1. The molecule has 2 atom stereocenters. The van der Waals surface area contributed by atoms with E-state index < -0.39 is 27.8 Å². The first-order valence-corrected chi connectivity index (χ1v) is 9.19. The number of aliphatic hydroxyl groups excluding tert-OH is 1. The first-order valence-electron chi connectivity index (χ1n) is 9.19. The van der Waals surface area contributed by atoms with Crippen molar-refractivity contribution in [3.8, 4) is 0 Å². The highest BCUT2D eigenvalue weighted by Gasteiger charge is 2.64. The number of rotatable bonds is 1. The predicted octanol–water partition coefficient (Wildman–Crippen LogP) is 4.10. The lowest BCUT2D eigenvalue weighted by atomic mass is 9.41. The fourth-order valence-electron chi connectivity index (χ4n) is 5.44. The van der Waals surface area contributed by atoms with Crippen LogP contribution in [0.15, 0.2) is 22.5 Å². The van der Waals surface area contributed by atoms with Crippen LogP contribution < -0.4 is 0 Å². The van der Waals surface area contributed by atoms with Gasteiger partial charge in [-0.05, 0) is 30.6 Å². The van der Waals surface area contributed by atoms with Gasteiger partial charge in [0.1, 0.15) is 11.5 Å². The fourth-order valence-corrected chi connectivity index (χ4v) is 5.44. The molecule has 0 heterocycles. The molecule has 0 spiro atoms. The number of carbonyl (C=O) groups is 3. The molecule has 0 aromatic carbocycles. The molecule has 1 N–H and O–H groups in total. The van der Waals surface area contributed by atoms with E-state index in [1.807, 2.05) is 34.6 Å². The molecule has 0 saturated heterocycles. The van der Waals surface area contributed by atoms with E-state index in [1.54, 1.807) is 0 Å². The second kappa shape index (κ2) is 5.15. The maximum Gasteiger partial charge on any atom is 0.233 e. The van der Waals surface area contributed by atoms with Crippen molar-refractivity contribution >= 4 is 17.3 Å². The van der Waals surface area contributed by atoms with Gasteiger partial charge < -0.3 is 5.11 Å². The standard InChI is InChI=1S/C21H28O4/c1-11(2)14-16(23)12-7-10-21(6)19(3,4)13(22)8-9-20(21,5)15(12)18(25)17(14)24/h11,23H,7-10H2,1-6H3. The molecule has 0 radical (unpaired) electrons. The van der Waals surface area contributed by atoms with Gasteiger partial charge in [-0.25, -0.2) is 0 Å². The van der Waals surface area contributed by atoms with Gasteiger partial charge in [0.25, 0.3) is 0 Å². The van der Waals surface area contributed by atoms with Gasteiger partial charge in [-0.2, -0.15) is 0 Å². The number of allylic oxidation sites excluding steroid dienone is 3. The maximum absolute atomic E-state index is 13.1. The van der Waals surface area contributed by atoms with E-state index in [0.717, 1.165) is 6.42 Å². The summed E-state index contributed by atoms with van der Waals surface area (Å²) in [7, 11) is 0. The maximum atomic E-state index is 13.1. The van der Waals surface area contributed by atoms with E-state index in [4.69, 9.17) is 0 Å². The average molecular weight is 344 g/mol. The number of ketones is 3. The largest absolute Gasteiger partial charge is 0.507 e. The smallest absolute Gasteiger partial charge is 0.233 e. The molecule has 2 unspecified atom stereocenters. The minimum absolute atomic E-state index is 0.00702. The van der Waals surface area contributed by atoms with Crippen molar-refractivity contribution in [1.29, 1.82) is 0 Å². The SMILES string of the molecule is CC(C)C1=C(O)C2=C(C(=O)C1=O)C1(C)CCC(=O)C(C)(C)C1(C)CC2. The van der Waals surface area contributed by atoms with E-state index in [9.17, 15) is 19.5 Å². The van der Waals surface area contributed by atoms with Crippen molar-refractivity contribution in [3.05, 3.63) is 22.5 Å². The predicted molar refractivity (Wildman–Crippen MR) is 95.0 cm³/mol. The van der Waals surface area contributed by atoms with Crippen LogP contribution in [0.4, 0.5) is 0 Å². The lowest BCUT2D eigenvalue weighted by Gasteiger charge is -2.61. The van der Waals surface area contributed by atoms with Crippen LogP contribution in [0.2, 0.25) is 0 Å². The molecule has 3 aliphatic carbocycles. The molecule has 4 heteroatoms. The molecule has 0 aromatic heterocycles. The summed E-state index contributed by atoms with van der Waals surface area (Å²) in [4.78, 5) is 38.4. The van der Waals surface area contributed by atoms with Crippen LogP contribution in [0, 0.1) is 22.2 Å². The number of fused-ring (bicyclic) bond motifs is 2. The van der Waals surface area contributed by atoms with Crippen molar-refractivity contribution < 1.29 is 19.5 Å². The molecular formula is C21H28O4. The number of hydrogen-bond donors (Lipinski definition) is 1. The molecule has 0 amide bonds. The zero-order chi connectivity index (χ0) is 18.9. The van der Waals surface area contributed by atoms with Gasteiger partial charge in [0.05, 0.1) is 0 Å². The highest BCUT2D eigenvalue weighted by molar-refractivity contribution is 6.50. The topological polar surface area (TPSA) is 71.4 Å².